The monoisotopic (exact) mass is 458 g/mol. The van der Waals surface area contributed by atoms with Crippen LogP contribution in [-0.2, 0) is 24.0 Å². The Hall–Kier alpha value is -2.69. The average Bonchev–Trinajstić information content (AvgIpc) is 2.67. The van der Waals surface area contributed by atoms with Gasteiger partial charge in [0.1, 0.15) is 18.1 Å². The molecule has 5 unspecified atom stereocenters. The van der Waals surface area contributed by atoms with E-state index in [1.807, 2.05) is 13.8 Å². The predicted molar refractivity (Wildman–Crippen MR) is 117 cm³/mol. The first-order valence-corrected chi connectivity index (χ1v) is 10.8. The van der Waals surface area contributed by atoms with Gasteiger partial charge in [0.05, 0.1) is 12.5 Å². The van der Waals surface area contributed by atoms with Crippen molar-refractivity contribution in [2.24, 2.45) is 23.5 Å². The lowest BCUT2D eigenvalue weighted by Gasteiger charge is -2.28. The Labute approximate surface area is 188 Å². The largest absolute Gasteiger partial charge is 0.481 e. The molecule has 11 nitrogen and oxygen atoms in total. The number of nitrogens with one attached hydrogen (secondary N) is 3. The maximum Gasteiger partial charge on any atom is 0.326 e. The minimum atomic E-state index is -1.45. The predicted octanol–water partition coefficient (Wildman–Crippen LogP) is 0.0756. The second-order valence-corrected chi connectivity index (χ2v) is 8.84. The van der Waals surface area contributed by atoms with Gasteiger partial charge in [0.15, 0.2) is 0 Å². The van der Waals surface area contributed by atoms with E-state index in [1.165, 1.54) is 0 Å². The summed E-state index contributed by atoms with van der Waals surface area (Å²) in [5.74, 6) is -5.44. The van der Waals surface area contributed by atoms with Crippen LogP contribution >= 0.6 is 0 Å². The van der Waals surface area contributed by atoms with Gasteiger partial charge in [-0.15, -0.1) is 0 Å². The Balaban J connectivity index is 5.57. The molecular weight excluding hydrogens is 420 g/mol. The van der Waals surface area contributed by atoms with Gasteiger partial charge in [-0.25, -0.2) is 4.79 Å². The fourth-order valence-electron chi connectivity index (χ4n) is 2.99. The Bertz CT molecular complexity index is 681. The molecule has 0 saturated heterocycles. The summed E-state index contributed by atoms with van der Waals surface area (Å²) in [7, 11) is 0. The molecule has 0 aromatic rings. The molecule has 3 amide bonds. The lowest BCUT2D eigenvalue weighted by molar-refractivity contribution is -0.144. The van der Waals surface area contributed by atoms with Crippen molar-refractivity contribution in [2.45, 2.75) is 85.0 Å². The van der Waals surface area contributed by atoms with Crippen molar-refractivity contribution in [2.75, 3.05) is 0 Å². The fraction of sp³-hybridized carbons (Fsp3) is 0.762. The van der Waals surface area contributed by atoms with Gasteiger partial charge in [0, 0.05) is 0 Å². The average molecular weight is 459 g/mol. The maximum atomic E-state index is 12.8. The van der Waals surface area contributed by atoms with Crippen LogP contribution in [0.15, 0.2) is 0 Å². The molecule has 32 heavy (non-hydrogen) atoms. The topological polar surface area (TPSA) is 188 Å². The normalized spacial score (nSPS) is 15.9. The summed E-state index contributed by atoms with van der Waals surface area (Å²) in [6, 6.07) is -4.65. The number of carbonyl (C=O) groups is 5. The summed E-state index contributed by atoms with van der Waals surface area (Å²) >= 11 is 0. The van der Waals surface area contributed by atoms with Crippen LogP contribution in [0.3, 0.4) is 0 Å². The molecule has 0 spiro atoms. The standard InChI is InChI=1S/C21H38N4O7/c1-7-12(6)17(20(30)24-16(11(4)5)21(31)32)25-19(29)14(9-15(26)27)23-18(28)13(22)8-10(2)3/h10-14,16-17H,7-9,22H2,1-6H3,(H,23,28)(H,24,30)(H,25,29)(H,26,27)(H,31,32). The zero-order chi connectivity index (χ0) is 25.2. The molecule has 0 aromatic heterocycles. The van der Waals surface area contributed by atoms with E-state index in [0.717, 1.165) is 0 Å². The minimum absolute atomic E-state index is 0.115. The maximum absolute atomic E-state index is 12.8. The lowest BCUT2D eigenvalue weighted by atomic mass is 9.96. The third-order valence-corrected chi connectivity index (χ3v) is 5.10. The van der Waals surface area contributed by atoms with E-state index < -0.39 is 66.2 Å². The van der Waals surface area contributed by atoms with Gasteiger partial charge in [0.2, 0.25) is 17.7 Å². The Morgan fingerprint density at radius 2 is 1.34 bits per heavy atom. The molecule has 0 bridgehead atoms. The number of rotatable bonds is 14. The van der Waals surface area contributed by atoms with Crippen molar-refractivity contribution < 1.29 is 34.2 Å². The van der Waals surface area contributed by atoms with Crippen LogP contribution in [0.4, 0.5) is 0 Å². The summed E-state index contributed by atoms with van der Waals surface area (Å²) < 4.78 is 0. The quantitative estimate of drug-likeness (QED) is 0.211. The van der Waals surface area contributed by atoms with Crippen molar-refractivity contribution >= 4 is 29.7 Å². The van der Waals surface area contributed by atoms with Crippen molar-refractivity contribution in [3.63, 3.8) is 0 Å². The van der Waals surface area contributed by atoms with Crippen LogP contribution < -0.4 is 21.7 Å². The van der Waals surface area contributed by atoms with Crippen molar-refractivity contribution in [3.05, 3.63) is 0 Å². The van der Waals surface area contributed by atoms with Gasteiger partial charge in [-0.2, -0.15) is 0 Å². The second kappa shape index (κ2) is 13.7. The molecule has 11 heteroatoms. The summed E-state index contributed by atoms with van der Waals surface area (Å²) in [6.45, 7) is 10.5. The van der Waals surface area contributed by atoms with Crippen molar-refractivity contribution in [1.29, 1.82) is 0 Å². The van der Waals surface area contributed by atoms with E-state index in [1.54, 1.807) is 27.7 Å². The zero-order valence-corrected chi connectivity index (χ0v) is 19.7. The first-order chi connectivity index (χ1) is 14.7. The number of carboxylic acids is 2. The SMILES string of the molecule is CCC(C)C(NC(=O)C(CC(=O)O)NC(=O)C(N)CC(C)C)C(=O)NC(C(=O)O)C(C)C. The number of carboxylic acid groups (broad SMARTS) is 2. The minimum Gasteiger partial charge on any atom is -0.481 e. The molecule has 5 atom stereocenters. The third kappa shape index (κ3) is 10.1. The molecule has 0 aromatic carbocycles. The molecule has 0 aliphatic heterocycles. The molecule has 0 aliphatic carbocycles. The van der Waals surface area contributed by atoms with Gasteiger partial charge in [0.25, 0.3) is 0 Å². The highest BCUT2D eigenvalue weighted by molar-refractivity contribution is 5.95. The van der Waals surface area contributed by atoms with E-state index in [2.05, 4.69) is 16.0 Å². The van der Waals surface area contributed by atoms with Crippen LogP contribution in [0.2, 0.25) is 0 Å². The molecule has 0 fully saturated rings. The second-order valence-electron chi connectivity index (χ2n) is 8.84. The van der Waals surface area contributed by atoms with Gasteiger partial charge in [-0.3, -0.25) is 19.2 Å². The lowest BCUT2D eigenvalue weighted by Crippen LogP contribution is -2.59. The highest BCUT2D eigenvalue weighted by atomic mass is 16.4. The summed E-state index contributed by atoms with van der Waals surface area (Å²) in [5, 5.41) is 25.7. The number of hydrogen-bond acceptors (Lipinski definition) is 6. The van der Waals surface area contributed by atoms with Crippen LogP contribution in [0.1, 0.15) is 60.8 Å². The number of nitrogens with two attached hydrogens (primary N) is 1. The highest BCUT2D eigenvalue weighted by Crippen LogP contribution is 2.11. The number of carbonyl (C=O) groups excluding carboxylic acids is 3. The van der Waals surface area contributed by atoms with Gasteiger partial charge >= 0.3 is 11.9 Å². The molecule has 184 valence electrons. The summed E-state index contributed by atoms with van der Waals surface area (Å²) in [6.07, 6.45) is 0.120. The number of amides is 3. The van der Waals surface area contributed by atoms with Crippen molar-refractivity contribution in [1.82, 2.24) is 16.0 Å². The van der Waals surface area contributed by atoms with Crippen LogP contribution in [0, 0.1) is 17.8 Å². The smallest absolute Gasteiger partial charge is 0.326 e. The van der Waals surface area contributed by atoms with E-state index >= 15 is 0 Å². The van der Waals surface area contributed by atoms with E-state index in [4.69, 9.17) is 10.8 Å². The highest BCUT2D eigenvalue weighted by Gasteiger charge is 2.34. The van der Waals surface area contributed by atoms with Crippen molar-refractivity contribution in [3.8, 4) is 0 Å². The molecule has 0 heterocycles. The Morgan fingerprint density at radius 3 is 1.75 bits per heavy atom. The van der Waals surface area contributed by atoms with E-state index in [-0.39, 0.29) is 11.8 Å². The molecule has 0 saturated carbocycles. The molecule has 0 aliphatic rings. The zero-order valence-electron chi connectivity index (χ0n) is 19.7. The third-order valence-electron chi connectivity index (χ3n) is 5.10. The first-order valence-electron chi connectivity index (χ1n) is 10.8. The molecule has 0 rings (SSSR count). The molecule has 7 N–H and O–H groups in total. The van der Waals surface area contributed by atoms with E-state index in [9.17, 15) is 29.1 Å². The summed E-state index contributed by atoms with van der Waals surface area (Å²) in [4.78, 5) is 60.6. The van der Waals surface area contributed by atoms with Crippen LogP contribution in [-0.4, -0.2) is 64.0 Å². The van der Waals surface area contributed by atoms with Crippen LogP contribution in [0.25, 0.3) is 0 Å². The number of hydrogen-bond donors (Lipinski definition) is 6. The van der Waals surface area contributed by atoms with Gasteiger partial charge in [-0.05, 0) is 24.2 Å². The Kier molecular flexibility index (Phi) is 12.5. The molecule has 0 radical (unpaired) electrons. The fourth-order valence-corrected chi connectivity index (χ4v) is 2.99. The first kappa shape index (κ1) is 29.3. The summed E-state index contributed by atoms with van der Waals surface area (Å²) in [5.41, 5.74) is 5.82. The van der Waals surface area contributed by atoms with Gasteiger partial charge < -0.3 is 31.9 Å². The van der Waals surface area contributed by atoms with Gasteiger partial charge in [-0.1, -0.05) is 48.0 Å². The van der Waals surface area contributed by atoms with Crippen LogP contribution in [0.5, 0.6) is 0 Å². The molecular formula is C21H38N4O7. The Morgan fingerprint density at radius 1 is 0.812 bits per heavy atom. The number of aliphatic carboxylic acids is 2. The van der Waals surface area contributed by atoms with E-state index in [0.29, 0.717) is 12.8 Å².